The molecular weight excluding hydrogens is 420 g/mol. The molecule has 2 unspecified atom stereocenters. The summed E-state index contributed by atoms with van der Waals surface area (Å²) in [5.74, 6) is 0.604. The molecule has 0 bridgehead atoms. The van der Waals surface area contributed by atoms with Crippen molar-refractivity contribution in [3.63, 3.8) is 0 Å². The molecule has 0 saturated heterocycles. The Hall–Kier alpha value is -3.27. The first-order valence-corrected chi connectivity index (χ1v) is 11.6. The zero-order valence-corrected chi connectivity index (χ0v) is 19.1. The maximum atomic E-state index is 13.0. The Bertz CT molecular complexity index is 909. The van der Waals surface area contributed by atoms with Crippen molar-refractivity contribution in [3.8, 4) is 0 Å². The topological polar surface area (TPSA) is 147 Å². The first-order valence-electron chi connectivity index (χ1n) is 11.6. The van der Waals surface area contributed by atoms with Gasteiger partial charge in [0.25, 0.3) is 5.91 Å². The van der Waals surface area contributed by atoms with Gasteiger partial charge < -0.3 is 27.0 Å². The van der Waals surface area contributed by atoms with Crippen molar-refractivity contribution < 1.29 is 9.59 Å². The van der Waals surface area contributed by atoms with Gasteiger partial charge in [-0.25, -0.2) is 4.98 Å². The molecule has 1 aliphatic carbocycles. The van der Waals surface area contributed by atoms with Gasteiger partial charge in [0.05, 0.1) is 6.54 Å². The second kappa shape index (κ2) is 12.7. The van der Waals surface area contributed by atoms with Crippen molar-refractivity contribution in [2.75, 3.05) is 30.3 Å². The summed E-state index contributed by atoms with van der Waals surface area (Å²) >= 11 is 0. The summed E-state index contributed by atoms with van der Waals surface area (Å²) < 4.78 is 0. The molecule has 10 nitrogen and oxygen atoms in total. The number of hydrogen-bond donors (Lipinski definition) is 5. The van der Waals surface area contributed by atoms with Crippen molar-refractivity contribution in [2.45, 2.75) is 57.5 Å². The molecule has 0 aromatic carbocycles. The van der Waals surface area contributed by atoms with Crippen molar-refractivity contribution in [1.82, 2.24) is 25.6 Å². The normalized spacial score (nSPS) is 17.8. The average molecular weight is 455 g/mol. The number of nitrogens with zero attached hydrogens (tertiary/aromatic N) is 3. The molecule has 2 aromatic heterocycles. The second-order valence-corrected chi connectivity index (χ2v) is 8.22. The first-order chi connectivity index (χ1) is 16.1. The van der Waals surface area contributed by atoms with E-state index in [4.69, 9.17) is 5.73 Å². The van der Waals surface area contributed by atoms with Crippen LogP contribution in [0.1, 0.15) is 54.9 Å². The summed E-state index contributed by atoms with van der Waals surface area (Å²) in [5.41, 5.74) is 6.98. The van der Waals surface area contributed by atoms with Crippen molar-refractivity contribution >= 4 is 23.6 Å². The Morgan fingerprint density at radius 1 is 1.09 bits per heavy atom. The SMILES string of the molecule is CCCNc1nc(NCCc2ccncc2)ncc1C(=O)NC1CCCC(NC(=O)CN)C1. The van der Waals surface area contributed by atoms with E-state index in [0.717, 1.165) is 32.1 Å². The van der Waals surface area contributed by atoms with Crippen LogP contribution in [0.2, 0.25) is 0 Å². The minimum Gasteiger partial charge on any atom is -0.369 e. The summed E-state index contributed by atoms with van der Waals surface area (Å²) in [5, 5.41) is 12.5. The third-order valence-electron chi connectivity index (χ3n) is 5.58. The molecule has 2 atom stereocenters. The van der Waals surface area contributed by atoms with Crippen LogP contribution >= 0.6 is 0 Å². The van der Waals surface area contributed by atoms with Crippen molar-refractivity contribution in [1.29, 1.82) is 0 Å². The van der Waals surface area contributed by atoms with Crippen molar-refractivity contribution in [3.05, 3.63) is 41.9 Å². The van der Waals surface area contributed by atoms with Gasteiger partial charge in [0.2, 0.25) is 11.9 Å². The lowest BCUT2D eigenvalue weighted by atomic mass is 9.90. The van der Waals surface area contributed by atoms with Crippen LogP contribution in [0.25, 0.3) is 0 Å². The quantitative estimate of drug-likeness (QED) is 0.343. The number of aromatic nitrogens is 3. The highest BCUT2D eigenvalue weighted by atomic mass is 16.2. The highest BCUT2D eigenvalue weighted by Crippen LogP contribution is 2.20. The van der Waals surface area contributed by atoms with E-state index < -0.39 is 0 Å². The number of anilines is 2. The molecule has 2 amide bonds. The molecule has 1 aliphatic rings. The number of carbonyl (C=O) groups is 2. The highest BCUT2D eigenvalue weighted by Gasteiger charge is 2.25. The van der Waals surface area contributed by atoms with Crippen LogP contribution in [0, 0.1) is 0 Å². The average Bonchev–Trinajstić information content (AvgIpc) is 2.83. The number of amides is 2. The van der Waals surface area contributed by atoms with Gasteiger partial charge >= 0.3 is 0 Å². The Morgan fingerprint density at radius 2 is 1.85 bits per heavy atom. The summed E-state index contributed by atoms with van der Waals surface area (Å²) in [6.07, 6.45) is 10.2. The molecule has 3 rings (SSSR count). The molecule has 0 radical (unpaired) electrons. The van der Waals surface area contributed by atoms with Crippen LogP contribution in [-0.4, -0.2) is 58.5 Å². The maximum Gasteiger partial charge on any atom is 0.256 e. The third kappa shape index (κ3) is 7.67. The molecule has 33 heavy (non-hydrogen) atoms. The van der Waals surface area contributed by atoms with Crippen LogP contribution < -0.4 is 27.0 Å². The summed E-state index contributed by atoms with van der Waals surface area (Å²) in [4.78, 5) is 37.6. The fraction of sp³-hybridized carbons (Fsp3) is 0.522. The van der Waals surface area contributed by atoms with E-state index in [-0.39, 0.29) is 30.4 Å². The first kappa shape index (κ1) is 24.4. The molecule has 2 heterocycles. The Balaban J connectivity index is 1.61. The van der Waals surface area contributed by atoms with Crippen LogP contribution in [0.15, 0.2) is 30.7 Å². The number of pyridine rings is 1. The van der Waals surface area contributed by atoms with Crippen LogP contribution in [0.3, 0.4) is 0 Å². The number of hydrogen-bond acceptors (Lipinski definition) is 8. The van der Waals surface area contributed by atoms with Gasteiger partial charge in [0.15, 0.2) is 0 Å². The van der Waals surface area contributed by atoms with Crippen LogP contribution in [0.4, 0.5) is 11.8 Å². The maximum absolute atomic E-state index is 13.0. The standard InChI is InChI=1S/C23H34N8O2/c1-2-9-26-21-19(15-28-23(31-21)27-12-8-16-6-10-25-11-7-16)22(33)30-18-5-3-4-17(13-18)29-20(32)14-24/h6-7,10-11,15,17-18H,2-5,8-9,12-14,24H2,1H3,(H,29,32)(H,30,33)(H2,26,27,28,31). The predicted molar refractivity (Wildman–Crippen MR) is 128 cm³/mol. The number of rotatable bonds is 11. The van der Waals surface area contributed by atoms with E-state index in [1.165, 1.54) is 5.56 Å². The van der Waals surface area contributed by atoms with Gasteiger partial charge in [-0.1, -0.05) is 6.92 Å². The smallest absolute Gasteiger partial charge is 0.256 e. The lowest BCUT2D eigenvalue weighted by molar-refractivity contribution is -0.120. The number of nitrogens with one attached hydrogen (secondary N) is 4. The molecule has 1 saturated carbocycles. The summed E-state index contributed by atoms with van der Waals surface area (Å²) in [6, 6.07) is 3.95. The summed E-state index contributed by atoms with van der Waals surface area (Å²) in [6.45, 7) is 3.39. The highest BCUT2D eigenvalue weighted by molar-refractivity contribution is 5.98. The van der Waals surface area contributed by atoms with E-state index in [0.29, 0.717) is 36.8 Å². The van der Waals surface area contributed by atoms with Gasteiger partial charge in [-0.2, -0.15) is 4.98 Å². The number of carbonyl (C=O) groups excluding carboxylic acids is 2. The second-order valence-electron chi connectivity index (χ2n) is 8.22. The van der Waals surface area contributed by atoms with E-state index in [9.17, 15) is 9.59 Å². The monoisotopic (exact) mass is 454 g/mol. The van der Waals surface area contributed by atoms with Gasteiger partial charge in [-0.05, 0) is 56.2 Å². The Morgan fingerprint density at radius 3 is 2.58 bits per heavy atom. The largest absolute Gasteiger partial charge is 0.369 e. The lowest BCUT2D eigenvalue weighted by Crippen LogP contribution is -2.47. The Kier molecular flexibility index (Phi) is 9.37. The third-order valence-corrected chi connectivity index (χ3v) is 5.58. The van der Waals surface area contributed by atoms with E-state index >= 15 is 0 Å². The predicted octanol–water partition coefficient (Wildman–Crippen LogP) is 1.46. The van der Waals surface area contributed by atoms with E-state index in [2.05, 4.69) is 43.1 Å². The molecule has 2 aromatic rings. The molecular formula is C23H34N8O2. The minimum absolute atomic E-state index is 0.0217. The minimum atomic E-state index is -0.215. The molecule has 0 aliphatic heterocycles. The van der Waals surface area contributed by atoms with E-state index in [1.807, 2.05) is 12.1 Å². The van der Waals surface area contributed by atoms with Gasteiger partial charge in [-0.15, -0.1) is 0 Å². The van der Waals surface area contributed by atoms with Gasteiger partial charge in [0, 0.05) is 43.8 Å². The van der Waals surface area contributed by atoms with E-state index in [1.54, 1.807) is 18.6 Å². The fourth-order valence-electron chi connectivity index (χ4n) is 3.88. The molecule has 0 spiro atoms. The molecule has 1 fully saturated rings. The van der Waals surface area contributed by atoms with Crippen LogP contribution in [0.5, 0.6) is 0 Å². The van der Waals surface area contributed by atoms with Gasteiger partial charge in [0.1, 0.15) is 11.4 Å². The van der Waals surface area contributed by atoms with Gasteiger partial charge in [-0.3, -0.25) is 14.6 Å². The zero-order valence-electron chi connectivity index (χ0n) is 19.1. The summed E-state index contributed by atoms with van der Waals surface area (Å²) in [7, 11) is 0. The molecule has 6 N–H and O–H groups in total. The lowest BCUT2D eigenvalue weighted by Gasteiger charge is -2.30. The Labute approximate surface area is 194 Å². The number of nitrogens with two attached hydrogens (primary N) is 1. The molecule has 10 heteroatoms. The van der Waals surface area contributed by atoms with Crippen molar-refractivity contribution in [2.24, 2.45) is 5.73 Å². The fourth-order valence-corrected chi connectivity index (χ4v) is 3.88. The zero-order chi connectivity index (χ0) is 23.5. The molecule has 178 valence electrons. The van der Waals surface area contributed by atoms with Crippen LogP contribution in [-0.2, 0) is 11.2 Å².